The Balaban J connectivity index is 1.61. The summed E-state index contributed by atoms with van der Waals surface area (Å²) in [6.45, 7) is 6.26. The van der Waals surface area contributed by atoms with E-state index in [1.54, 1.807) is 23.5 Å². The molecule has 0 saturated carbocycles. The molecule has 0 bridgehead atoms. The van der Waals surface area contributed by atoms with Gasteiger partial charge in [0.2, 0.25) is 0 Å². The van der Waals surface area contributed by atoms with E-state index >= 15 is 0 Å². The Bertz CT molecular complexity index is 771. The average Bonchev–Trinajstić information content (AvgIpc) is 3.02. The fraction of sp³-hybridized carbons (Fsp3) is 0.429. The predicted molar refractivity (Wildman–Crippen MR) is 101 cm³/mol. The van der Waals surface area contributed by atoms with Crippen molar-refractivity contribution in [3.05, 3.63) is 56.8 Å². The summed E-state index contributed by atoms with van der Waals surface area (Å²) >= 11 is 1.63. The Kier molecular flexibility index (Phi) is 5.38. The summed E-state index contributed by atoms with van der Waals surface area (Å²) in [5.74, 6) is 0.556. The highest BCUT2D eigenvalue weighted by Gasteiger charge is 2.24. The standard InChI is InChI=1S/C21H24O3S/c1-13(2)15-5-7-16(8-6-15)19(22)11-24-21(23)18-12-25-20-10-14(3)4-9-17(18)20/h5-8,12-14H,4,9-11H2,1-3H3/t14-/m0/s1. The summed E-state index contributed by atoms with van der Waals surface area (Å²) in [6.07, 6.45) is 3.06. The lowest BCUT2D eigenvalue weighted by molar-refractivity contribution is 0.0474. The van der Waals surface area contributed by atoms with E-state index in [4.69, 9.17) is 4.74 Å². The molecule has 2 aromatic rings. The van der Waals surface area contributed by atoms with E-state index in [1.165, 1.54) is 10.4 Å². The molecule has 1 aromatic carbocycles. The molecule has 1 aliphatic rings. The van der Waals surface area contributed by atoms with E-state index in [1.807, 2.05) is 17.5 Å². The Hall–Kier alpha value is -1.94. The first-order valence-corrected chi connectivity index (χ1v) is 9.73. The second kappa shape index (κ2) is 7.52. The third kappa shape index (κ3) is 4.01. The quantitative estimate of drug-likeness (QED) is 0.557. The lowest BCUT2D eigenvalue weighted by Gasteiger charge is -2.18. The summed E-state index contributed by atoms with van der Waals surface area (Å²) in [5.41, 5.74) is 3.54. The van der Waals surface area contributed by atoms with Crippen molar-refractivity contribution in [2.45, 2.75) is 46.0 Å². The molecule has 1 atom stereocenters. The van der Waals surface area contributed by atoms with Gasteiger partial charge in [-0.25, -0.2) is 4.79 Å². The van der Waals surface area contributed by atoms with Gasteiger partial charge in [-0.2, -0.15) is 0 Å². The highest BCUT2D eigenvalue weighted by molar-refractivity contribution is 7.10. The number of ketones is 1. The van der Waals surface area contributed by atoms with Crippen LogP contribution in [0.25, 0.3) is 0 Å². The topological polar surface area (TPSA) is 43.4 Å². The molecule has 1 aromatic heterocycles. The molecule has 25 heavy (non-hydrogen) atoms. The third-order valence-corrected chi connectivity index (χ3v) is 5.91. The number of fused-ring (bicyclic) bond motifs is 1. The zero-order valence-corrected chi connectivity index (χ0v) is 15.8. The van der Waals surface area contributed by atoms with E-state index in [9.17, 15) is 9.59 Å². The number of Topliss-reactive ketones (excluding diaryl/α,β-unsaturated/α-hetero) is 1. The highest BCUT2D eigenvalue weighted by Crippen LogP contribution is 2.33. The van der Waals surface area contributed by atoms with Crippen LogP contribution in [0, 0.1) is 5.92 Å². The molecule has 0 saturated heterocycles. The number of ether oxygens (including phenoxy) is 1. The highest BCUT2D eigenvalue weighted by atomic mass is 32.1. The summed E-state index contributed by atoms with van der Waals surface area (Å²) in [4.78, 5) is 25.9. The molecule has 3 nitrogen and oxygen atoms in total. The van der Waals surface area contributed by atoms with Crippen LogP contribution in [0.1, 0.15) is 69.8 Å². The van der Waals surface area contributed by atoms with Gasteiger partial charge in [-0.3, -0.25) is 4.79 Å². The van der Waals surface area contributed by atoms with Crippen molar-refractivity contribution >= 4 is 23.1 Å². The molecule has 4 heteroatoms. The number of carbonyl (C=O) groups is 2. The Morgan fingerprint density at radius 3 is 2.64 bits per heavy atom. The van der Waals surface area contributed by atoms with Crippen molar-refractivity contribution in [1.29, 1.82) is 0 Å². The van der Waals surface area contributed by atoms with E-state index in [2.05, 4.69) is 20.8 Å². The van der Waals surface area contributed by atoms with Crippen LogP contribution in [0.3, 0.4) is 0 Å². The number of hydrogen-bond acceptors (Lipinski definition) is 4. The first-order valence-electron chi connectivity index (χ1n) is 8.85. The summed E-state index contributed by atoms with van der Waals surface area (Å²) < 4.78 is 5.29. The summed E-state index contributed by atoms with van der Waals surface area (Å²) in [7, 11) is 0. The van der Waals surface area contributed by atoms with Crippen molar-refractivity contribution in [2.24, 2.45) is 5.92 Å². The van der Waals surface area contributed by atoms with E-state index < -0.39 is 0 Å². The maximum absolute atomic E-state index is 12.4. The third-order valence-electron chi connectivity index (χ3n) is 4.86. The first-order chi connectivity index (χ1) is 12.0. The maximum Gasteiger partial charge on any atom is 0.339 e. The number of esters is 1. The van der Waals surface area contributed by atoms with Crippen molar-refractivity contribution in [2.75, 3.05) is 6.61 Å². The fourth-order valence-electron chi connectivity index (χ4n) is 3.19. The number of carbonyl (C=O) groups excluding carboxylic acids is 2. The molecule has 0 spiro atoms. The number of thiophene rings is 1. The molecule has 1 heterocycles. The van der Waals surface area contributed by atoms with Crippen LogP contribution < -0.4 is 0 Å². The van der Waals surface area contributed by atoms with Gasteiger partial charge in [-0.1, -0.05) is 45.0 Å². The largest absolute Gasteiger partial charge is 0.454 e. The molecule has 132 valence electrons. The second-order valence-corrected chi connectivity index (χ2v) is 8.14. The van der Waals surface area contributed by atoms with Crippen LogP contribution in [0.4, 0.5) is 0 Å². The molecule has 0 N–H and O–H groups in total. The number of rotatable bonds is 5. The lowest BCUT2D eigenvalue weighted by Crippen LogP contribution is -2.17. The van der Waals surface area contributed by atoms with E-state index in [-0.39, 0.29) is 18.4 Å². The average molecular weight is 356 g/mol. The molecule has 0 fully saturated rings. The normalized spacial score (nSPS) is 16.6. The maximum atomic E-state index is 12.4. The van der Waals surface area contributed by atoms with Crippen LogP contribution in [0.15, 0.2) is 29.6 Å². The summed E-state index contributed by atoms with van der Waals surface area (Å²) in [5, 5.41) is 1.88. The first kappa shape index (κ1) is 17.9. The minimum Gasteiger partial charge on any atom is -0.454 e. The Labute approximate surface area is 153 Å². The van der Waals surface area contributed by atoms with E-state index in [0.29, 0.717) is 23.0 Å². The van der Waals surface area contributed by atoms with Crippen LogP contribution in [0.5, 0.6) is 0 Å². The monoisotopic (exact) mass is 356 g/mol. The lowest BCUT2D eigenvalue weighted by atomic mass is 9.88. The SMILES string of the molecule is CC(C)c1ccc(C(=O)COC(=O)c2csc3c2CC[C@H](C)C3)cc1. The zero-order valence-electron chi connectivity index (χ0n) is 15.0. The summed E-state index contributed by atoms with van der Waals surface area (Å²) in [6, 6.07) is 7.52. The van der Waals surface area contributed by atoms with Crippen LogP contribution >= 0.6 is 11.3 Å². The van der Waals surface area contributed by atoms with Gasteiger partial charge in [-0.15, -0.1) is 11.3 Å². The van der Waals surface area contributed by atoms with Gasteiger partial charge in [0.25, 0.3) is 0 Å². The molecular formula is C21H24O3S. The van der Waals surface area contributed by atoms with Crippen molar-refractivity contribution in [1.82, 2.24) is 0 Å². The molecule has 1 aliphatic carbocycles. The molecule has 3 rings (SSSR count). The van der Waals surface area contributed by atoms with E-state index in [0.717, 1.165) is 24.8 Å². The molecule has 0 amide bonds. The fourth-order valence-corrected chi connectivity index (χ4v) is 4.43. The Morgan fingerprint density at radius 1 is 1.24 bits per heavy atom. The molecular weight excluding hydrogens is 332 g/mol. The van der Waals surface area contributed by atoms with Gasteiger partial charge in [0.05, 0.1) is 5.56 Å². The van der Waals surface area contributed by atoms with Crippen molar-refractivity contribution < 1.29 is 14.3 Å². The molecule has 0 unspecified atom stereocenters. The van der Waals surface area contributed by atoms with Crippen LogP contribution in [-0.2, 0) is 17.6 Å². The van der Waals surface area contributed by atoms with Crippen LogP contribution in [-0.4, -0.2) is 18.4 Å². The van der Waals surface area contributed by atoms with Gasteiger partial charge in [0.1, 0.15) is 0 Å². The Morgan fingerprint density at radius 2 is 1.96 bits per heavy atom. The minimum atomic E-state index is -0.376. The van der Waals surface area contributed by atoms with Gasteiger partial charge in [-0.05, 0) is 42.2 Å². The number of hydrogen-bond donors (Lipinski definition) is 0. The predicted octanol–water partition coefficient (Wildman–Crippen LogP) is 5.04. The second-order valence-electron chi connectivity index (χ2n) is 7.18. The number of benzene rings is 1. The minimum absolute atomic E-state index is 0.165. The molecule has 0 radical (unpaired) electrons. The zero-order chi connectivity index (χ0) is 18.0. The van der Waals surface area contributed by atoms with Crippen molar-refractivity contribution in [3.63, 3.8) is 0 Å². The van der Waals surface area contributed by atoms with Gasteiger partial charge < -0.3 is 4.74 Å². The van der Waals surface area contributed by atoms with Crippen LogP contribution in [0.2, 0.25) is 0 Å². The van der Waals surface area contributed by atoms with Gasteiger partial charge >= 0.3 is 5.97 Å². The van der Waals surface area contributed by atoms with Crippen molar-refractivity contribution in [3.8, 4) is 0 Å². The van der Waals surface area contributed by atoms with Gasteiger partial charge in [0, 0.05) is 15.8 Å². The smallest absolute Gasteiger partial charge is 0.339 e. The molecule has 0 aliphatic heterocycles. The van der Waals surface area contributed by atoms with Gasteiger partial charge in [0.15, 0.2) is 12.4 Å².